The van der Waals surface area contributed by atoms with Crippen LogP contribution in [0.2, 0.25) is 0 Å². The Kier molecular flexibility index (Phi) is 5.11. The molecule has 1 atom stereocenters. The molecule has 1 heterocycles. The van der Waals surface area contributed by atoms with Crippen molar-refractivity contribution in [2.45, 2.75) is 26.3 Å². The van der Waals surface area contributed by atoms with Gasteiger partial charge in [0.25, 0.3) is 0 Å². The van der Waals surface area contributed by atoms with Crippen molar-refractivity contribution in [2.75, 3.05) is 6.54 Å². The number of nitrogens with one attached hydrogen (secondary N) is 1. The molecule has 0 saturated carbocycles. The molecule has 0 fully saturated rings. The van der Waals surface area contributed by atoms with E-state index in [9.17, 15) is 0 Å². The second-order valence-corrected chi connectivity index (χ2v) is 5.45. The summed E-state index contributed by atoms with van der Waals surface area (Å²) in [4.78, 5) is 4.19. The zero-order valence-corrected chi connectivity index (χ0v) is 12.9. The lowest BCUT2D eigenvalue weighted by Crippen LogP contribution is -2.23. The quantitative estimate of drug-likeness (QED) is 0.899. The standard InChI is InChI=1S/C16H19BrN2/c1-3-19-15(10-13-7-5-9-18-11-13)14-8-4-6-12(2)16(14)17/h4-9,11,15,19H,3,10H2,1-2H3. The molecule has 1 aromatic carbocycles. The van der Waals surface area contributed by atoms with Crippen molar-refractivity contribution in [3.63, 3.8) is 0 Å². The molecule has 1 unspecified atom stereocenters. The van der Waals surface area contributed by atoms with Gasteiger partial charge in [-0.1, -0.05) is 47.1 Å². The highest BCUT2D eigenvalue weighted by atomic mass is 79.9. The van der Waals surface area contributed by atoms with Gasteiger partial charge in [-0.3, -0.25) is 4.98 Å². The first-order valence-electron chi connectivity index (χ1n) is 6.59. The summed E-state index contributed by atoms with van der Waals surface area (Å²) in [5, 5.41) is 3.56. The smallest absolute Gasteiger partial charge is 0.0372 e. The summed E-state index contributed by atoms with van der Waals surface area (Å²) in [6, 6.07) is 10.8. The molecule has 1 N–H and O–H groups in total. The number of aromatic nitrogens is 1. The minimum atomic E-state index is 0.309. The summed E-state index contributed by atoms with van der Waals surface area (Å²) in [7, 11) is 0. The zero-order valence-electron chi connectivity index (χ0n) is 11.4. The van der Waals surface area contributed by atoms with Crippen molar-refractivity contribution < 1.29 is 0 Å². The van der Waals surface area contributed by atoms with Crippen LogP contribution in [0.5, 0.6) is 0 Å². The van der Waals surface area contributed by atoms with Gasteiger partial charge in [0.2, 0.25) is 0 Å². The zero-order chi connectivity index (χ0) is 13.7. The molecule has 0 aliphatic carbocycles. The number of hydrogen-bond acceptors (Lipinski definition) is 2. The summed E-state index contributed by atoms with van der Waals surface area (Å²) >= 11 is 3.71. The Morgan fingerprint density at radius 2 is 2.11 bits per heavy atom. The third kappa shape index (κ3) is 3.64. The number of aryl methyl sites for hydroxylation is 1. The van der Waals surface area contributed by atoms with Crippen LogP contribution in [0.1, 0.15) is 29.7 Å². The molecule has 1 aromatic heterocycles. The maximum atomic E-state index is 4.19. The molecule has 0 spiro atoms. The molecule has 0 saturated heterocycles. The van der Waals surface area contributed by atoms with Gasteiger partial charge in [-0.15, -0.1) is 0 Å². The average Bonchev–Trinajstić information content (AvgIpc) is 2.43. The lowest BCUT2D eigenvalue weighted by Gasteiger charge is -2.20. The van der Waals surface area contributed by atoms with E-state index < -0.39 is 0 Å². The van der Waals surface area contributed by atoms with Crippen molar-refractivity contribution in [2.24, 2.45) is 0 Å². The van der Waals surface area contributed by atoms with Crippen molar-refractivity contribution in [1.82, 2.24) is 10.3 Å². The molecule has 3 heteroatoms. The third-order valence-corrected chi connectivity index (χ3v) is 4.29. The van der Waals surface area contributed by atoms with Crippen LogP contribution >= 0.6 is 15.9 Å². The van der Waals surface area contributed by atoms with Crippen LogP contribution in [-0.2, 0) is 6.42 Å². The Morgan fingerprint density at radius 3 is 2.79 bits per heavy atom. The molecule has 100 valence electrons. The molecule has 0 aliphatic rings. The molecule has 2 nitrogen and oxygen atoms in total. The molecule has 0 aliphatic heterocycles. The second kappa shape index (κ2) is 6.83. The monoisotopic (exact) mass is 318 g/mol. The largest absolute Gasteiger partial charge is 0.310 e. The molecule has 19 heavy (non-hydrogen) atoms. The number of nitrogens with zero attached hydrogens (tertiary/aromatic N) is 1. The predicted octanol–water partition coefficient (Wildman–Crippen LogP) is 4.05. The number of benzene rings is 1. The van der Waals surface area contributed by atoms with E-state index in [1.54, 1.807) is 0 Å². The van der Waals surface area contributed by atoms with Crippen molar-refractivity contribution in [1.29, 1.82) is 0 Å². The highest BCUT2D eigenvalue weighted by Crippen LogP contribution is 2.28. The van der Waals surface area contributed by atoms with Crippen molar-refractivity contribution in [3.05, 3.63) is 63.9 Å². The number of likely N-dealkylation sites (N-methyl/N-ethyl adjacent to an activating group) is 1. The lowest BCUT2D eigenvalue weighted by molar-refractivity contribution is 0.547. The van der Waals surface area contributed by atoms with Crippen molar-refractivity contribution >= 4 is 15.9 Å². The van der Waals surface area contributed by atoms with Gasteiger partial charge >= 0.3 is 0 Å². The Morgan fingerprint density at radius 1 is 1.26 bits per heavy atom. The first kappa shape index (κ1) is 14.2. The molecule has 0 bridgehead atoms. The van der Waals surface area contributed by atoms with E-state index in [0.29, 0.717) is 6.04 Å². The number of halogens is 1. The van der Waals surface area contributed by atoms with Crippen LogP contribution in [0.4, 0.5) is 0 Å². The van der Waals surface area contributed by atoms with Gasteiger partial charge in [0.05, 0.1) is 0 Å². The van der Waals surface area contributed by atoms with E-state index >= 15 is 0 Å². The number of pyridine rings is 1. The molecule has 0 radical (unpaired) electrons. The topological polar surface area (TPSA) is 24.9 Å². The minimum absolute atomic E-state index is 0.309. The summed E-state index contributed by atoms with van der Waals surface area (Å²) in [5.41, 5.74) is 3.83. The first-order chi connectivity index (χ1) is 9.22. The maximum absolute atomic E-state index is 4.19. The molecule has 2 aromatic rings. The number of hydrogen-bond donors (Lipinski definition) is 1. The molecule has 2 rings (SSSR count). The summed E-state index contributed by atoms with van der Waals surface area (Å²) in [6.07, 6.45) is 4.70. The summed E-state index contributed by atoms with van der Waals surface area (Å²) < 4.78 is 1.20. The van der Waals surface area contributed by atoms with Gasteiger partial charge in [-0.2, -0.15) is 0 Å². The van der Waals surface area contributed by atoms with E-state index in [0.717, 1.165) is 13.0 Å². The molecule has 0 amide bonds. The third-order valence-electron chi connectivity index (χ3n) is 3.21. The van der Waals surface area contributed by atoms with Crippen molar-refractivity contribution in [3.8, 4) is 0 Å². The first-order valence-corrected chi connectivity index (χ1v) is 7.39. The van der Waals surface area contributed by atoms with Crippen LogP contribution in [0.15, 0.2) is 47.2 Å². The van der Waals surface area contributed by atoms with Gasteiger partial charge in [-0.25, -0.2) is 0 Å². The fraction of sp³-hybridized carbons (Fsp3) is 0.312. The molecular formula is C16H19BrN2. The number of rotatable bonds is 5. The fourth-order valence-corrected chi connectivity index (χ4v) is 2.77. The average molecular weight is 319 g/mol. The van der Waals surface area contributed by atoms with E-state index in [-0.39, 0.29) is 0 Å². The highest BCUT2D eigenvalue weighted by molar-refractivity contribution is 9.10. The summed E-state index contributed by atoms with van der Waals surface area (Å²) in [5.74, 6) is 0. The highest BCUT2D eigenvalue weighted by Gasteiger charge is 2.15. The lowest BCUT2D eigenvalue weighted by atomic mass is 9.98. The summed E-state index contributed by atoms with van der Waals surface area (Å²) in [6.45, 7) is 5.21. The Hall–Kier alpha value is -1.19. The van der Waals surface area contributed by atoms with Gasteiger partial charge in [0.1, 0.15) is 0 Å². The van der Waals surface area contributed by atoms with Gasteiger partial charge < -0.3 is 5.32 Å². The van der Waals surface area contributed by atoms with Crippen LogP contribution in [0.3, 0.4) is 0 Å². The van der Waals surface area contributed by atoms with Gasteiger partial charge in [0, 0.05) is 22.9 Å². The predicted molar refractivity (Wildman–Crippen MR) is 83.2 cm³/mol. The SMILES string of the molecule is CCNC(Cc1cccnc1)c1cccc(C)c1Br. The Bertz CT molecular complexity index is 526. The van der Waals surface area contributed by atoms with E-state index in [4.69, 9.17) is 0 Å². The van der Waals surface area contributed by atoms with Gasteiger partial charge in [0.15, 0.2) is 0 Å². The fourth-order valence-electron chi connectivity index (χ4n) is 2.23. The normalized spacial score (nSPS) is 12.4. The van der Waals surface area contributed by atoms with E-state index in [1.807, 2.05) is 18.5 Å². The van der Waals surface area contributed by atoms with Crippen LogP contribution in [0, 0.1) is 6.92 Å². The maximum Gasteiger partial charge on any atom is 0.0372 e. The van der Waals surface area contributed by atoms with Crippen LogP contribution in [0.25, 0.3) is 0 Å². The van der Waals surface area contributed by atoms with E-state index in [1.165, 1.54) is 21.2 Å². The van der Waals surface area contributed by atoms with Crippen LogP contribution in [-0.4, -0.2) is 11.5 Å². The molecular weight excluding hydrogens is 300 g/mol. The second-order valence-electron chi connectivity index (χ2n) is 4.65. The Labute approximate surface area is 123 Å². The van der Waals surface area contributed by atoms with Crippen LogP contribution < -0.4 is 5.32 Å². The minimum Gasteiger partial charge on any atom is -0.310 e. The Balaban J connectivity index is 2.27. The van der Waals surface area contributed by atoms with Gasteiger partial charge in [-0.05, 0) is 42.6 Å². The van der Waals surface area contributed by atoms with E-state index in [2.05, 4.69) is 64.3 Å².